The van der Waals surface area contributed by atoms with Gasteiger partial charge >= 0.3 is 171 Å². The maximum Gasteiger partial charge on any atom is 3.00 e. The minimum atomic E-state index is 0. The Morgan fingerprint density at radius 1 is 0.273 bits per heavy atom. The second-order valence-corrected chi connectivity index (χ2v) is 0. The van der Waals surface area contributed by atoms with E-state index in [1.54, 1.807) is 0 Å². The molecule has 0 heterocycles. The van der Waals surface area contributed by atoms with Gasteiger partial charge in [-0.15, -0.1) is 0 Å². The molecule has 0 unspecified atom stereocenters. The number of hydrogen-bond donors (Lipinski definition) is 0. The molecule has 16 heteroatoms. The number of nitrogens with zero attached hydrogens (tertiary/aromatic N) is 6. The molecule has 12 nitrogen and oxygen atoms in total. The van der Waals surface area contributed by atoms with Crippen LogP contribution in [0.4, 0.5) is 0 Å². The maximum atomic E-state index is 6.25. The van der Waals surface area contributed by atoms with Crippen LogP contribution in [0, 0.1) is 71.0 Å². The second-order valence-electron chi connectivity index (χ2n) is 0. The average Bonchev–Trinajstić information content (AvgIpc) is 2.33. The minimum absolute atomic E-state index is 0. The Hall–Kier alpha value is 2.13. The predicted octanol–water partition coefficient (Wildman–Crippen LogP) is -13.4. The maximum absolute atomic E-state index is 6.25. The fraction of sp³-hybridized carbons (Fsp3) is 0. The Labute approximate surface area is 268 Å². The van der Waals surface area contributed by atoms with Crippen molar-refractivity contribution in [3.8, 4) is 0 Å². The largest absolute Gasteiger partial charge is 3.00 e. The van der Waals surface area contributed by atoms with E-state index in [0.717, 1.165) is 0 Å². The van der Waals surface area contributed by atoms with Crippen LogP contribution >= 0.6 is 0 Å². The van der Waals surface area contributed by atoms with Crippen molar-refractivity contribution < 1.29 is 204 Å². The summed E-state index contributed by atoms with van der Waals surface area (Å²) in [5.41, 5.74) is 0. The molecule has 0 atom stereocenters. The Morgan fingerprint density at radius 2 is 0.273 bits per heavy atom. The summed E-state index contributed by atoms with van der Waals surface area (Å²) >= 11 is 0. The summed E-state index contributed by atoms with van der Waals surface area (Å²) in [6.45, 7) is 28.5. The molecule has 0 fully saturated rings. The van der Waals surface area contributed by atoms with Gasteiger partial charge in [-0.25, -0.2) is 0 Å². The van der Waals surface area contributed by atoms with Gasteiger partial charge in [0.15, 0.2) is 0 Å². The average molecular weight is 437 g/mol. The molecule has 113 valence electrons. The number of hydrogen-bond acceptors (Lipinski definition) is 6. The Morgan fingerprint density at radius 3 is 0.273 bits per heavy atom. The molecule has 0 saturated carbocycles. The fourth-order valence-electron chi connectivity index (χ4n) is 0. The van der Waals surface area contributed by atoms with Crippen molar-refractivity contribution in [1.29, 1.82) is 31.6 Å². The van der Waals surface area contributed by atoms with Crippen molar-refractivity contribution in [1.82, 2.24) is 0 Å². The van der Waals surface area contributed by atoms with Gasteiger partial charge in [-0.1, -0.05) is 0 Å². The molecule has 0 aliphatic carbocycles. The van der Waals surface area contributed by atoms with E-state index in [1.807, 2.05) is 0 Å². The predicted molar refractivity (Wildman–Crippen MR) is 51.5 cm³/mol. The third kappa shape index (κ3) is 2180. The van der Waals surface area contributed by atoms with Crippen molar-refractivity contribution in [2.45, 2.75) is 0 Å². The van der Waals surface area contributed by atoms with Crippen LogP contribution in [0.25, 0.3) is 0 Å². The first kappa shape index (κ1) is 195. The summed E-state index contributed by atoms with van der Waals surface area (Å²) in [6.07, 6.45) is 0. The van der Waals surface area contributed by atoms with Gasteiger partial charge < -0.3 is 104 Å². The molecule has 0 aromatic rings. The fourth-order valence-corrected chi connectivity index (χ4v) is 0. The van der Waals surface area contributed by atoms with Crippen LogP contribution in [0.1, 0.15) is 0 Å². The van der Waals surface area contributed by atoms with E-state index in [9.17, 15) is 0 Å². The SMILES string of the molecule is O.O.O.O.O.O.[C-]#N.[C-]#N.[C-]#N.[C-]#N.[C-]#N.[C-]#N.[Fe+3].[K+].[K+].[K+]. The monoisotopic (exact) mass is 437 g/mol. The Bertz CT molecular complexity index is 122. The van der Waals surface area contributed by atoms with E-state index in [1.165, 1.54) is 0 Å². The molecule has 0 bridgehead atoms. The third-order valence-electron chi connectivity index (χ3n) is 0. The van der Waals surface area contributed by atoms with Crippen LogP contribution in [0.3, 0.4) is 0 Å². The van der Waals surface area contributed by atoms with Gasteiger partial charge in [0, 0.05) is 0 Å². The summed E-state index contributed by atoms with van der Waals surface area (Å²) in [4.78, 5) is 0. The van der Waals surface area contributed by atoms with Crippen LogP contribution in [-0.4, -0.2) is 32.9 Å². The third-order valence-corrected chi connectivity index (χ3v) is 0. The topological polar surface area (TPSA) is 332 Å². The van der Waals surface area contributed by atoms with E-state index >= 15 is 0 Å². The first-order valence-electron chi connectivity index (χ1n) is 1.34. The summed E-state index contributed by atoms with van der Waals surface area (Å²) in [5.74, 6) is 0. The molecule has 0 aromatic carbocycles. The summed E-state index contributed by atoms with van der Waals surface area (Å²) in [5, 5.41) is 37.5. The quantitative estimate of drug-likeness (QED) is 0.261. The molecular weight excluding hydrogens is 425 g/mol. The van der Waals surface area contributed by atoms with Crippen LogP contribution in [0.2, 0.25) is 0 Å². The van der Waals surface area contributed by atoms with Gasteiger partial charge in [0.25, 0.3) is 0 Å². The molecule has 22 heavy (non-hydrogen) atoms. The molecule has 0 aliphatic rings. The molecule has 0 aliphatic heterocycles. The van der Waals surface area contributed by atoms with Gasteiger partial charge in [0.2, 0.25) is 0 Å². The van der Waals surface area contributed by atoms with Crippen LogP contribution in [-0.2, 0) is 17.1 Å². The smallest absolute Gasteiger partial charge is 0.512 e. The molecule has 12 N–H and O–H groups in total. The second kappa shape index (κ2) is 2500. The van der Waals surface area contributed by atoms with E-state index in [2.05, 4.69) is 0 Å². The molecule has 1 radical (unpaired) electrons. The van der Waals surface area contributed by atoms with E-state index in [-0.39, 0.29) is 204 Å². The molecule has 0 aromatic heterocycles. The summed E-state index contributed by atoms with van der Waals surface area (Å²) in [7, 11) is 0. The zero-order valence-electron chi connectivity index (χ0n) is 12.0. The molecule has 0 spiro atoms. The van der Waals surface area contributed by atoms with Gasteiger partial charge in [-0.05, 0) is 0 Å². The Balaban J connectivity index is -0.00000000129. The van der Waals surface area contributed by atoms with Crippen molar-refractivity contribution in [3.63, 3.8) is 0 Å². The zero-order valence-corrected chi connectivity index (χ0v) is 22.5. The number of rotatable bonds is 0. The summed E-state index contributed by atoms with van der Waals surface area (Å²) in [6, 6.07) is 0. The van der Waals surface area contributed by atoms with Crippen LogP contribution in [0.5, 0.6) is 0 Å². The summed E-state index contributed by atoms with van der Waals surface area (Å²) < 4.78 is 0. The van der Waals surface area contributed by atoms with E-state index in [0.29, 0.717) is 0 Å². The van der Waals surface area contributed by atoms with Crippen molar-refractivity contribution in [2.24, 2.45) is 0 Å². The molecule has 0 amide bonds. The van der Waals surface area contributed by atoms with Crippen molar-refractivity contribution in [3.05, 3.63) is 39.4 Å². The first-order valence-corrected chi connectivity index (χ1v) is 1.34. The van der Waals surface area contributed by atoms with E-state index < -0.39 is 0 Å². The van der Waals surface area contributed by atoms with Gasteiger partial charge in [0.05, 0.1) is 0 Å². The van der Waals surface area contributed by atoms with Gasteiger partial charge in [-0.2, -0.15) is 0 Å². The first-order chi connectivity index (χ1) is 6.00. The zero-order chi connectivity index (χ0) is 12.0. The Kier molecular flexibility index (Phi) is 22200. The molecular formula is C6H12FeK3N6O6. The molecule has 0 rings (SSSR count). The normalized spacial score (nSPS) is 0.545. The van der Waals surface area contributed by atoms with Gasteiger partial charge in [-0.3, -0.25) is 0 Å². The van der Waals surface area contributed by atoms with Crippen molar-refractivity contribution in [2.75, 3.05) is 0 Å². The standard InChI is InChI=1S/6CN.Fe.3K.6H2O/c6*1-2;;;;;;;;;;/h;;;;;;;;;;6*1H2/q6*-1;+3;3*+1;;;;;;. The van der Waals surface area contributed by atoms with E-state index in [4.69, 9.17) is 71.0 Å². The van der Waals surface area contributed by atoms with Gasteiger partial charge in [0.1, 0.15) is 0 Å². The minimum Gasteiger partial charge on any atom is -0.512 e. The molecule has 0 saturated heterocycles. The van der Waals surface area contributed by atoms with Crippen molar-refractivity contribution >= 4 is 0 Å². The van der Waals surface area contributed by atoms with Crippen LogP contribution in [0.15, 0.2) is 0 Å². The van der Waals surface area contributed by atoms with Crippen LogP contribution < -0.4 is 154 Å².